The van der Waals surface area contributed by atoms with Crippen molar-refractivity contribution in [3.8, 4) is 0 Å². The Morgan fingerprint density at radius 2 is 1.95 bits per heavy atom. The average Bonchev–Trinajstić information content (AvgIpc) is 2.58. The zero-order chi connectivity index (χ0) is 12.3. The van der Waals surface area contributed by atoms with Gasteiger partial charge in [-0.2, -0.15) is 5.10 Å². The van der Waals surface area contributed by atoms with Crippen LogP contribution >= 0.6 is 37.2 Å². The molecule has 1 fully saturated rings. The van der Waals surface area contributed by atoms with Crippen LogP contribution in [0.25, 0.3) is 0 Å². The lowest BCUT2D eigenvalue weighted by Crippen LogP contribution is -2.46. The Bertz CT molecular complexity index is 407. The Morgan fingerprint density at radius 3 is 2.45 bits per heavy atom. The van der Waals surface area contributed by atoms with Crippen LogP contribution < -0.4 is 10.6 Å². The molecule has 0 atom stereocenters. The van der Waals surface area contributed by atoms with E-state index in [1.807, 2.05) is 20.0 Å². The Hall–Kier alpha value is -0.530. The van der Waals surface area contributed by atoms with Crippen LogP contribution in [0.3, 0.4) is 0 Å². The van der Waals surface area contributed by atoms with Crippen molar-refractivity contribution in [2.24, 2.45) is 7.05 Å². The van der Waals surface area contributed by atoms with Crippen LogP contribution in [0.5, 0.6) is 0 Å². The maximum atomic E-state index is 11.8. The molecule has 6 nitrogen and oxygen atoms in total. The predicted molar refractivity (Wildman–Crippen MR) is 87.6 cm³/mol. The number of rotatable bonds is 3. The molecule has 20 heavy (non-hydrogen) atoms. The van der Waals surface area contributed by atoms with E-state index in [4.69, 9.17) is 0 Å². The standard InChI is InChI=1S/C11H19N5O.3ClH/c1-9-7-10(15(2)14-9)13-11(17)8-16-5-3-12-4-6-16;;;/h7,12H,3-6,8H2,1-2H3,(H,13,17);3*1H. The molecule has 0 aliphatic carbocycles. The Balaban J connectivity index is 0. The number of nitrogens with zero attached hydrogens (tertiary/aromatic N) is 3. The van der Waals surface area contributed by atoms with E-state index < -0.39 is 0 Å². The van der Waals surface area contributed by atoms with Gasteiger partial charge in [0.2, 0.25) is 5.91 Å². The molecule has 0 unspecified atom stereocenters. The predicted octanol–water partition coefficient (Wildman–Crippen LogP) is 0.838. The van der Waals surface area contributed by atoms with E-state index in [0.29, 0.717) is 6.54 Å². The van der Waals surface area contributed by atoms with Gasteiger partial charge in [-0.15, -0.1) is 37.2 Å². The summed E-state index contributed by atoms with van der Waals surface area (Å²) in [4.78, 5) is 14.0. The molecule has 0 spiro atoms. The number of halogens is 3. The normalized spacial score (nSPS) is 14.5. The molecule has 0 saturated carbocycles. The van der Waals surface area contributed by atoms with Crippen LogP contribution in [-0.2, 0) is 11.8 Å². The summed E-state index contributed by atoms with van der Waals surface area (Å²) in [6, 6.07) is 1.87. The second-order valence-electron chi connectivity index (χ2n) is 4.37. The summed E-state index contributed by atoms with van der Waals surface area (Å²) in [5.74, 6) is 0.775. The molecule has 1 aliphatic heterocycles. The van der Waals surface area contributed by atoms with Crippen molar-refractivity contribution in [1.29, 1.82) is 0 Å². The van der Waals surface area contributed by atoms with E-state index in [-0.39, 0.29) is 43.1 Å². The Kier molecular flexibility index (Phi) is 11.1. The summed E-state index contributed by atoms with van der Waals surface area (Å²) in [6.45, 7) is 6.13. The lowest BCUT2D eigenvalue weighted by molar-refractivity contribution is -0.117. The summed E-state index contributed by atoms with van der Waals surface area (Å²) < 4.78 is 1.69. The monoisotopic (exact) mass is 345 g/mol. The molecule has 1 aromatic rings. The second kappa shape index (κ2) is 10.2. The van der Waals surface area contributed by atoms with E-state index in [9.17, 15) is 4.79 Å². The first-order chi connectivity index (χ1) is 8.15. The third kappa shape index (κ3) is 6.28. The first-order valence-electron chi connectivity index (χ1n) is 5.89. The fraction of sp³-hybridized carbons (Fsp3) is 0.636. The van der Waals surface area contributed by atoms with Gasteiger partial charge in [-0.1, -0.05) is 0 Å². The van der Waals surface area contributed by atoms with Crippen LogP contribution in [0, 0.1) is 6.92 Å². The number of aromatic nitrogens is 2. The average molecular weight is 347 g/mol. The van der Waals surface area contributed by atoms with Crippen molar-refractivity contribution in [1.82, 2.24) is 20.0 Å². The molecular formula is C11H22Cl3N5O. The number of carbonyl (C=O) groups excluding carboxylic acids is 1. The molecule has 2 heterocycles. The van der Waals surface area contributed by atoms with Crippen molar-refractivity contribution >= 4 is 48.9 Å². The van der Waals surface area contributed by atoms with E-state index in [1.54, 1.807) is 4.68 Å². The molecule has 2 rings (SSSR count). The van der Waals surface area contributed by atoms with Gasteiger partial charge in [0.05, 0.1) is 12.2 Å². The zero-order valence-electron chi connectivity index (χ0n) is 11.6. The SMILES string of the molecule is Cc1cc(NC(=O)CN2CCNCC2)n(C)n1.Cl.Cl.Cl. The van der Waals surface area contributed by atoms with Crippen molar-refractivity contribution < 1.29 is 4.79 Å². The summed E-state index contributed by atoms with van der Waals surface area (Å²) >= 11 is 0. The highest BCUT2D eigenvalue weighted by atomic mass is 35.5. The molecule has 1 aromatic heterocycles. The van der Waals surface area contributed by atoms with Gasteiger partial charge in [0.25, 0.3) is 0 Å². The van der Waals surface area contributed by atoms with Crippen LogP contribution in [0.15, 0.2) is 6.07 Å². The van der Waals surface area contributed by atoms with Crippen LogP contribution in [0.2, 0.25) is 0 Å². The minimum Gasteiger partial charge on any atom is -0.314 e. The minimum atomic E-state index is 0. The molecule has 0 bridgehead atoms. The highest BCUT2D eigenvalue weighted by Crippen LogP contribution is 2.07. The van der Waals surface area contributed by atoms with Crippen molar-refractivity contribution in [3.63, 3.8) is 0 Å². The molecule has 118 valence electrons. The van der Waals surface area contributed by atoms with Crippen LogP contribution in [-0.4, -0.2) is 53.3 Å². The maximum Gasteiger partial charge on any atom is 0.239 e. The third-order valence-corrected chi connectivity index (χ3v) is 2.85. The van der Waals surface area contributed by atoms with Gasteiger partial charge in [0, 0.05) is 39.3 Å². The largest absolute Gasteiger partial charge is 0.314 e. The first-order valence-corrected chi connectivity index (χ1v) is 5.89. The van der Waals surface area contributed by atoms with Crippen LogP contribution in [0.1, 0.15) is 5.69 Å². The molecular weight excluding hydrogens is 325 g/mol. The highest BCUT2D eigenvalue weighted by Gasteiger charge is 2.14. The van der Waals surface area contributed by atoms with E-state index in [0.717, 1.165) is 37.7 Å². The maximum absolute atomic E-state index is 11.8. The van der Waals surface area contributed by atoms with Gasteiger partial charge in [-0.05, 0) is 6.92 Å². The number of anilines is 1. The molecule has 1 amide bonds. The number of hydrogen-bond acceptors (Lipinski definition) is 4. The Morgan fingerprint density at radius 1 is 1.35 bits per heavy atom. The van der Waals surface area contributed by atoms with E-state index in [1.165, 1.54) is 0 Å². The Labute approximate surface area is 137 Å². The molecule has 2 N–H and O–H groups in total. The van der Waals surface area contributed by atoms with Gasteiger partial charge < -0.3 is 10.6 Å². The van der Waals surface area contributed by atoms with Gasteiger partial charge >= 0.3 is 0 Å². The van der Waals surface area contributed by atoms with Crippen molar-refractivity contribution in [2.45, 2.75) is 6.92 Å². The fourth-order valence-electron chi connectivity index (χ4n) is 1.98. The lowest BCUT2D eigenvalue weighted by Gasteiger charge is -2.26. The quantitative estimate of drug-likeness (QED) is 0.851. The number of carbonyl (C=O) groups is 1. The smallest absolute Gasteiger partial charge is 0.239 e. The summed E-state index contributed by atoms with van der Waals surface area (Å²) in [7, 11) is 1.83. The number of aryl methyl sites for hydroxylation is 2. The topological polar surface area (TPSA) is 62.2 Å². The summed E-state index contributed by atoms with van der Waals surface area (Å²) in [5, 5.41) is 10.3. The third-order valence-electron chi connectivity index (χ3n) is 2.85. The van der Waals surface area contributed by atoms with E-state index >= 15 is 0 Å². The minimum absolute atomic E-state index is 0. The van der Waals surface area contributed by atoms with Gasteiger partial charge in [-0.25, -0.2) is 0 Å². The number of hydrogen-bond donors (Lipinski definition) is 2. The van der Waals surface area contributed by atoms with Gasteiger partial charge in [0.15, 0.2) is 0 Å². The van der Waals surface area contributed by atoms with Gasteiger partial charge in [0.1, 0.15) is 5.82 Å². The molecule has 1 aliphatic rings. The van der Waals surface area contributed by atoms with Crippen LogP contribution in [0.4, 0.5) is 5.82 Å². The molecule has 0 radical (unpaired) electrons. The number of nitrogens with one attached hydrogen (secondary N) is 2. The van der Waals surface area contributed by atoms with Crippen molar-refractivity contribution in [3.05, 3.63) is 11.8 Å². The summed E-state index contributed by atoms with van der Waals surface area (Å²) in [5.41, 5.74) is 0.907. The second-order valence-corrected chi connectivity index (χ2v) is 4.37. The first kappa shape index (κ1) is 21.8. The highest BCUT2D eigenvalue weighted by molar-refractivity contribution is 5.91. The number of piperazine rings is 1. The molecule has 0 aromatic carbocycles. The van der Waals surface area contributed by atoms with E-state index in [2.05, 4.69) is 20.6 Å². The molecule has 9 heteroatoms. The van der Waals surface area contributed by atoms with Gasteiger partial charge in [-0.3, -0.25) is 14.4 Å². The zero-order valence-corrected chi connectivity index (χ0v) is 14.0. The fourth-order valence-corrected chi connectivity index (χ4v) is 1.98. The lowest BCUT2D eigenvalue weighted by atomic mass is 10.3. The number of amides is 1. The van der Waals surface area contributed by atoms with Crippen molar-refractivity contribution in [2.75, 3.05) is 38.0 Å². The molecule has 1 saturated heterocycles. The summed E-state index contributed by atoms with van der Waals surface area (Å²) in [6.07, 6.45) is 0.